The van der Waals surface area contributed by atoms with Gasteiger partial charge in [-0.25, -0.2) is 0 Å². The number of ether oxygens (including phenoxy) is 2. The molecule has 2 aliphatic heterocycles. The highest BCUT2D eigenvalue weighted by Crippen LogP contribution is 2.22. The van der Waals surface area contributed by atoms with E-state index in [0.29, 0.717) is 12.0 Å². The molecule has 1 aromatic carbocycles. The van der Waals surface area contributed by atoms with Crippen LogP contribution in [0.5, 0.6) is 5.75 Å². The molecule has 1 atom stereocenters. The third-order valence-corrected chi connectivity index (χ3v) is 5.96. The highest BCUT2D eigenvalue weighted by atomic mass is 16.5. The summed E-state index contributed by atoms with van der Waals surface area (Å²) in [6.07, 6.45) is 0. The number of benzene rings is 1. The van der Waals surface area contributed by atoms with Crippen molar-refractivity contribution < 1.29 is 9.47 Å². The zero-order valence-electron chi connectivity index (χ0n) is 18.4. The Balaban J connectivity index is 1.53. The first-order valence-corrected chi connectivity index (χ1v) is 10.8. The molecule has 2 saturated heterocycles. The Kier molecular flexibility index (Phi) is 8.00. The monoisotopic (exact) mass is 403 g/mol. The first-order valence-electron chi connectivity index (χ1n) is 10.8. The van der Waals surface area contributed by atoms with E-state index < -0.39 is 0 Å². The van der Waals surface area contributed by atoms with Gasteiger partial charge in [0, 0.05) is 70.7 Å². The second-order valence-electron chi connectivity index (χ2n) is 8.06. The van der Waals surface area contributed by atoms with E-state index in [1.165, 1.54) is 5.69 Å². The summed E-state index contributed by atoms with van der Waals surface area (Å²) >= 11 is 0. The number of nitrogens with one attached hydrogen (secondary N) is 1. The molecule has 1 aromatic rings. The fourth-order valence-corrected chi connectivity index (χ4v) is 4.21. The minimum Gasteiger partial charge on any atom is -0.497 e. The molecule has 162 valence electrons. The largest absolute Gasteiger partial charge is 0.497 e. The Labute approximate surface area is 175 Å². The maximum absolute atomic E-state index is 5.53. The fourth-order valence-electron chi connectivity index (χ4n) is 4.21. The quantitative estimate of drug-likeness (QED) is 0.577. The van der Waals surface area contributed by atoms with Crippen molar-refractivity contribution in [3.8, 4) is 5.75 Å². The molecule has 2 heterocycles. The summed E-state index contributed by atoms with van der Waals surface area (Å²) < 4.78 is 10.9. The van der Waals surface area contributed by atoms with E-state index in [1.807, 2.05) is 13.1 Å². The average Bonchev–Trinajstić information content (AvgIpc) is 2.77. The molecule has 0 spiro atoms. The van der Waals surface area contributed by atoms with Crippen LogP contribution in [0.15, 0.2) is 29.3 Å². The van der Waals surface area contributed by atoms with E-state index in [9.17, 15) is 0 Å². The zero-order chi connectivity index (χ0) is 20.6. The molecule has 0 aromatic heterocycles. The number of hydrogen-bond donors (Lipinski definition) is 1. The second kappa shape index (κ2) is 10.7. The molecule has 7 nitrogen and oxygen atoms in total. The number of anilines is 1. The fraction of sp³-hybridized carbons (Fsp3) is 0.682. The summed E-state index contributed by atoms with van der Waals surface area (Å²) in [7, 11) is 3.60. The van der Waals surface area contributed by atoms with Crippen molar-refractivity contribution in [1.29, 1.82) is 0 Å². The smallest absolute Gasteiger partial charge is 0.193 e. The number of piperazine rings is 1. The van der Waals surface area contributed by atoms with Gasteiger partial charge in [-0.3, -0.25) is 9.89 Å². The lowest BCUT2D eigenvalue weighted by molar-refractivity contribution is 0.00739. The van der Waals surface area contributed by atoms with Crippen LogP contribution in [0, 0.1) is 5.92 Å². The van der Waals surface area contributed by atoms with Gasteiger partial charge in [-0.15, -0.1) is 0 Å². The maximum atomic E-state index is 5.53. The summed E-state index contributed by atoms with van der Waals surface area (Å²) in [5.74, 6) is 2.50. The summed E-state index contributed by atoms with van der Waals surface area (Å²) in [5, 5.41) is 3.65. The lowest BCUT2D eigenvalue weighted by Crippen LogP contribution is -2.56. The van der Waals surface area contributed by atoms with Crippen molar-refractivity contribution in [2.24, 2.45) is 10.9 Å². The Hall–Kier alpha value is -1.99. The highest BCUT2D eigenvalue weighted by molar-refractivity contribution is 5.80. The minimum absolute atomic E-state index is 0.494. The van der Waals surface area contributed by atoms with Crippen molar-refractivity contribution in [1.82, 2.24) is 15.1 Å². The number of morpholine rings is 1. The summed E-state index contributed by atoms with van der Waals surface area (Å²) in [6.45, 7) is 13.1. The predicted octanol–water partition coefficient (Wildman–Crippen LogP) is 1.75. The van der Waals surface area contributed by atoms with Crippen LogP contribution in [0.4, 0.5) is 5.69 Å². The summed E-state index contributed by atoms with van der Waals surface area (Å²) in [4.78, 5) is 11.9. The summed E-state index contributed by atoms with van der Waals surface area (Å²) in [5.41, 5.74) is 1.22. The van der Waals surface area contributed by atoms with Gasteiger partial charge >= 0.3 is 0 Å². The van der Waals surface area contributed by atoms with E-state index in [2.05, 4.69) is 57.1 Å². The molecule has 0 amide bonds. The molecule has 1 N–H and O–H groups in total. The first kappa shape index (κ1) is 21.7. The third kappa shape index (κ3) is 5.76. The standard InChI is InChI=1S/C22H37N5O2/c1-18(2)21(26-12-14-29-15-13-26)17-24-22(23-3)27-10-8-25(9-11-27)19-6-5-7-20(16-19)28-4/h5-7,16,18,21H,8-15,17H2,1-4H3,(H,23,24). The first-order chi connectivity index (χ1) is 14.1. The molecule has 2 fully saturated rings. The van der Waals surface area contributed by atoms with E-state index in [1.54, 1.807) is 7.11 Å². The van der Waals surface area contributed by atoms with E-state index in [-0.39, 0.29) is 0 Å². The van der Waals surface area contributed by atoms with E-state index in [0.717, 1.165) is 70.7 Å². The molecule has 3 rings (SSSR count). The van der Waals surface area contributed by atoms with Crippen LogP contribution in [0.1, 0.15) is 13.8 Å². The number of methoxy groups -OCH3 is 1. The van der Waals surface area contributed by atoms with Gasteiger partial charge in [0.05, 0.1) is 20.3 Å². The van der Waals surface area contributed by atoms with Crippen LogP contribution < -0.4 is 15.0 Å². The van der Waals surface area contributed by atoms with Gasteiger partial charge < -0.3 is 24.6 Å². The van der Waals surface area contributed by atoms with Gasteiger partial charge in [-0.2, -0.15) is 0 Å². The van der Waals surface area contributed by atoms with Crippen LogP contribution in [-0.2, 0) is 4.74 Å². The van der Waals surface area contributed by atoms with Crippen LogP contribution >= 0.6 is 0 Å². The van der Waals surface area contributed by atoms with Gasteiger partial charge in [0.25, 0.3) is 0 Å². The van der Waals surface area contributed by atoms with Crippen molar-refractivity contribution in [3.63, 3.8) is 0 Å². The molecule has 29 heavy (non-hydrogen) atoms. The maximum Gasteiger partial charge on any atom is 0.193 e. The lowest BCUT2D eigenvalue weighted by atomic mass is 10.0. The van der Waals surface area contributed by atoms with Crippen molar-refractivity contribution in [3.05, 3.63) is 24.3 Å². The molecule has 1 unspecified atom stereocenters. The number of guanidine groups is 1. The SMILES string of the molecule is CN=C(NCC(C(C)C)N1CCOCC1)N1CCN(c2cccc(OC)c2)CC1. The predicted molar refractivity (Wildman–Crippen MR) is 119 cm³/mol. The van der Waals surface area contributed by atoms with Gasteiger partial charge in [-0.05, 0) is 18.1 Å². The third-order valence-electron chi connectivity index (χ3n) is 5.96. The molecule has 7 heteroatoms. The van der Waals surface area contributed by atoms with Crippen molar-refractivity contribution >= 4 is 11.6 Å². The Bertz CT molecular complexity index is 652. The number of aliphatic imine (C=N–C) groups is 1. The number of rotatable bonds is 6. The topological polar surface area (TPSA) is 52.6 Å². The van der Waals surface area contributed by atoms with Gasteiger partial charge in [0.1, 0.15) is 5.75 Å². The molecular weight excluding hydrogens is 366 g/mol. The molecule has 2 aliphatic rings. The molecule has 0 aliphatic carbocycles. The van der Waals surface area contributed by atoms with Crippen LogP contribution in [0.25, 0.3) is 0 Å². The molecular formula is C22H37N5O2. The molecule has 0 saturated carbocycles. The van der Waals surface area contributed by atoms with Crippen molar-refractivity contribution in [2.75, 3.05) is 78.1 Å². The Morgan fingerprint density at radius 1 is 1.14 bits per heavy atom. The van der Waals surface area contributed by atoms with E-state index >= 15 is 0 Å². The second-order valence-corrected chi connectivity index (χ2v) is 8.06. The normalized spacial score (nSPS) is 20.1. The van der Waals surface area contributed by atoms with Gasteiger partial charge in [0.15, 0.2) is 5.96 Å². The van der Waals surface area contributed by atoms with E-state index in [4.69, 9.17) is 9.47 Å². The van der Waals surface area contributed by atoms with Crippen LogP contribution in [-0.4, -0.2) is 95.0 Å². The Morgan fingerprint density at radius 3 is 2.48 bits per heavy atom. The highest BCUT2D eigenvalue weighted by Gasteiger charge is 2.25. The summed E-state index contributed by atoms with van der Waals surface area (Å²) in [6, 6.07) is 8.80. The van der Waals surface area contributed by atoms with Crippen LogP contribution in [0.3, 0.4) is 0 Å². The van der Waals surface area contributed by atoms with Gasteiger partial charge in [-0.1, -0.05) is 19.9 Å². The lowest BCUT2D eigenvalue weighted by Gasteiger charge is -2.40. The molecule has 0 bridgehead atoms. The van der Waals surface area contributed by atoms with Crippen LogP contribution in [0.2, 0.25) is 0 Å². The Morgan fingerprint density at radius 2 is 1.86 bits per heavy atom. The average molecular weight is 404 g/mol. The zero-order valence-corrected chi connectivity index (χ0v) is 18.4. The minimum atomic E-state index is 0.494. The molecule has 0 radical (unpaired) electrons. The van der Waals surface area contributed by atoms with Gasteiger partial charge in [0.2, 0.25) is 0 Å². The number of hydrogen-bond acceptors (Lipinski definition) is 5. The number of nitrogens with zero attached hydrogens (tertiary/aromatic N) is 4. The van der Waals surface area contributed by atoms with Crippen molar-refractivity contribution in [2.45, 2.75) is 19.9 Å².